The first kappa shape index (κ1) is 14.6. The number of carbonyl (C=O) groups is 2. The van der Waals surface area contributed by atoms with E-state index in [2.05, 4.69) is 15.9 Å². The van der Waals surface area contributed by atoms with Crippen LogP contribution in [0.1, 0.15) is 18.9 Å². The Morgan fingerprint density at radius 1 is 1.58 bits per heavy atom. The van der Waals surface area contributed by atoms with Gasteiger partial charge in [0.25, 0.3) is 0 Å². The zero-order chi connectivity index (χ0) is 14.0. The largest absolute Gasteiger partial charge is 0.392 e. The van der Waals surface area contributed by atoms with Crippen molar-refractivity contribution >= 4 is 44.4 Å². The topological polar surface area (TPSA) is 57.6 Å². The van der Waals surface area contributed by atoms with E-state index >= 15 is 0 Å². The molecule has 1 aliphatic heterocycles. The first-order valence-corrected chi connectivity index (χ1v) is 7.55. The molecule has 1 unspecified atom stereocenters. The molecule has 1 heterocycles. The standard InChI is InChI=1S/C13H14BrNO3S/c1-8(17)19-10-5-13(18)15(6-10)12-4-9(7-16)2-3-11(12)14/h2-4,10,16H,5-7H2,1H3. The number of anilines is 1. The maximum absolute atomic E-state index is 12.0. The molecule has 1 atom stereocenters. The van der Waals surface area contributed by atoms with Gasteiger partial charge >= 0.3 is 0 Å². The van der Waals surface area contributed by atoms with Crippen LogP contribution in [-0.4, -0.2) is 27.9 Å². The first-order valence-electron chi connectivity index (χ1n) is 5.88. The van der Waals surface area contributed by atoms with Gasteiger partial charge in [-0.05, 0) is 33.6 Å². The minimum absolute atomic E-state index is 0.00883. The van der Waals surface area contributed by atoms with E-state index in [1.54, 1.807) is 17.0 Å². The lowest BCUT2D eigenvalue weighted by molar-refractivity contribution is -0.117. The molecule has 1 fully saturated rings. The lowest BCUT2D eigenvalue weighted by Gasteiger charge is -2.19. The molecule has 0 spiro atoms. The van der Waals surface area contributed by atoms with Gasteiger partial charge in [-0.1, -0.05) is 17.8 Å². The van der Waals surface area contributed by atoms with Gasteiger partial charge in [0.1, 0.15) is 0 Å². The van der Waals surface area contributed by atoms with Gasteiger partial charge in [0, 0.05) is 29.6 Å². The van der Waals surface area contributed by atoms with Crippen molar-refractivity contribution < 1.29 is 14.7 Å². The molecule has 102 valence electrons. The van der Waals surface area contributed by atoms with Crippen molar-refractivity contribution in [3.63, 3.8) is 0 Å². The minimum atomic E-state index is -0.0616. The van der Waals surface area contributed by atoms with Crippen molar-refractivity contribution in [3.05, 3.63) is 28.2 Å². The molecule has 1 N–H and O–H groups in total. The van der Waals surface area contributed by atoms with Gasteiger partial charge in [-0.3, -0.25) is 9.59 Å². The molecule has 1 saturated heterocycles. The predicted octanol–water partition coefficient (Wildman–Crippen LogP) is 2.33. The van der Waals surface area contributed by atoms with Crippen LogP contribution in [0.25, 0.3) is 0 Å². The number of nitrogens with zero attached hydrogens (tertiary/aromatic N) is 1. The van der Waals surface area contributed by atoms with E-state index in [1.807, 2.05) is 6.07 Å². The highest BCUT2D eigenvalue weighted by Gasteiger charge is 2.32. The molecule has 4 nitrogen and oxygen atoms in total. The van der Waals surface area contributed by atoms with E-state index < -0.39 is 0 Å². The smallest absolute Gasteiger partial charge is 0.228 e. The van der Waals surface area contributed by atoms with Gasteiger partial charge in [0.2, 0.25) is 5.91 Å². The molecule has 0 radical (unpaired) electrons. The summed E-state index contributed by atoms with van der Waals surface area (Å²) < 4.78 is 0.812. The van der Waals surface area contributed by atoms with Crippen LogP contribution in [0.4, 0.5) is 5.69 Å². The predicted molar refractivity (Wildman–Crippen MR) is 79.1 cm³/mol. The summed E-state index contributed by atoms with van der Waals surface area (Å²) in [4.78, 5) is 24.8. The van der Waals surface area contributed by atoms with Crippen molar-refractivity contribution in [2.75, 3.05) is 11.4 Å². The van der Waals surface area contributed by atoms with Crippen molar-refractivity contribution in [1.82, 2.24) is 0 Å². The van der Waals surface area contributed by atoms with Gasteiger partial charge in [0.15, 0.2) is 5.12 Å². The molecule has 0 bridgehead atoms. The molecular weight excluding hydrogens is 330 g/mol. The average molecular weight is 344 g/mol. The Labute approximate surface area is 124 Å². The third-order valence-corrected chi connectivity index (χ3v) is 4.56. The fourth-order valence-electron chi connectivity index (χ4n) is 2.08. The van der Waals surface area contributed by atoms with Crippen LogP contribution < -0.4 is 4.90 Å². The van der Waals surface area contributed by atoms with Crippen LogP contribution in [0.5, 0.6) is 0 Å². The van der Waals surface area contributed by atoms with Gasteiger partial charge in [-0.25, -0.2) is 0 Å². The molecule has 1 aromatic carbocycles. The highest BCUT2D eigenvalue weighted by atomic mass is 79.9. The first-order chi connectivity index (χ1) is 9.01. The Balaban J connectivity index is 2.22. The summed E-state index contributed by atoms with van der Waals surface area (Å²) >= 11 is 4.63. The fourth-order valence-corrected chi connectivity index (χ4v) is 3.46. The van der Waals surface area contributed by atoms with Crippen LogP contribution >= 0.6 is 27.7 Å². The van der Waals surface area contributed by atoms with Gasteiger partial charge in [-0.15, -0.1) is 0 Å². The Morgan fingerprint density at radius 2 is 2.32 bits per heavy atom. The second-order valence-corrected chi connectivity index (χ2v) is 6.72. The molecule has 1 amide bonds. The van der Waals surface area contributed by atoms with E-state index in [4.69, 9.17) is 5.11 Å². The van der Waals surface area contributed by atoms with Crippen LogP contribution in [0.2, 0.25) is 0 Å². The van der Waals surface area contributed by atoms with Crippen LogP contribution in [0.3, 0.4) is 0 Å². The number of aliphatic hydroxyl groups excluding tert-OH is 1. The van der Waals surface area contributed by atoms with Gasteiger partial charge in [0.05, 0.1) is 12.3 Å². The normalized spacial score (nSPS) is 19.0. The van der Waals surface area contributed by atoms with E-state index in [0.29, 0.717) is 13.0 Å². The molecule has 1 aliphatic rings. The molecule has 2 rings (SSSR count). The van der Waals surface area contributed by atoms with E-state index in [9.17, 15) is 9.59 Å². The quantitative estimate of drug-likeness (QED) is 0.914. The van der Waals surface area contributed by atoms with Crippen molar-refractivity contribution in [2.24, 2.45) is 0 Å². The third-order valence-electron chi connectivity index (χ3n) is 2.91. The number of hydrogen-bond acceptors (Lipinski definition) is 4. The Morgan fingerprint density at radius 3 is 2.95 bits per heavy atom. The highest BCUT2D eigenvalue weighted by Crippen LogP contribution is 2.33. The summed E-state index contributed by atoms with van der Waals surface area (Å²) in [5.74, 6) is 0.00883. The summed E-state index contributed by atoms with van der Waals surface area (Å²) in [6, 6.07) is 5.42. The lowest BCUT2D eigenvalue weighted by Crippen LogP contribution is -2.25. The second kappa shape index (κ2) is 6.07. The molecule has 0 aliphatic carbocycles. The summed E-state index contributed by atoms with van der Waals surface area (Å²) in [7, 11) is 0. The Bertz CT molecular complexity index is 521. The highest BCUT2D eigenvalue weighted by molar-refractivity contribution is 9.10. The van der Waals surface area contributed by atoms with E-state index in [-0.39, 0.29) is 22.9 Å². The zero-order valence-electron chi connectivity index (χ0n) is 10.4. The van der Waals surface area contributed by atoms with Gasteiger partial charge < -0.3 is 10.0 Å². The molecule has 0 saturated carbocycles. The summed E-state index contributed by atoms with van der Waals surface area (Å²) in [6.45, 7) is 1.98. The Hall–Kier alpha value is -0.850. The number of amides is 1. The minimum Gasteiger partial charge on any atom is -0.392 e. The van der Waals surface area contributed by atoms with Crippen LogP contribution in [-0.2, 0) is 16.2 Å². The molecule has 19 heavy (non-hydrogen) atoms. The second-order valence-electron chi connectivity index (χ2n) is 4.38. The van der Waals surface area contributed by atoms with Crippen LogP contribution in [0.15, 0.2) is 22.7 Å². The summed E-state index contributed by atoms with van der Waals surface area (Å²) in [5.41, 5.74) is 1.51. The molecule has 1 aromatic rings. The molecule has 6 heteroatoms. The van der Waals surface area contributed by atoms with Crippen LogP contribution in [0, 0.1) is 0 Å². The number of aliphatic hydroxyl groups is 1. The van der Waals surface area contributed by atoms with E-state index in [0.717, 1.165) is 15.7 Å². The average Bonchev–Trinajstić information content (AvgIpc) is 2.70. The van der Waals surface area contributed by atoms with E-state index in [1.165, 1.54) is 18.7 Å². The molecular formula is C13H14BrNO3S. The maximum Gasteiger partial charge on any atom is 0.228 e. The number of benzene rings is 1. The SMILES string of the molecule is CC(=O)SC1CC(=O)N(c2cc(CO)ccc2Br)C1. The fraction of sp³-hybridized carbons (Fsp3) is 0.385. The number of thioether (sulfide) groups is 1. The summed E-state index contributed by atoms with van der Waals surface area (Å²) in [6.07, 6.45) is 0.375. The van der Waals surface area contributed by atoms with Crippen molar-refractivity contribution in [1.29, 1.82) is 0 Å². The molecule has 0 aromatic heterocycles. The number of halogens is 1. The number of hydrogen-bond donors (Lipinski definition) is 1. The number of rotatable bonds is 3. The Kier molecular flexibility index (Phi) is 4.65. The van der Waals surface area contributed by atoms with Gasteiger partial charge in [-0.2, -0.15) is 0 Å². The number of carbonyl (C=O) groups excluding carboxylic acids is 2. The summed E-state index contributed by atoms with van der Waals surface area (Å²) in [5, 5.41) is 9.20. The van der Waals surface area contributed by atoms with Crippen molar-refractivity contribution in [3.8, 4) is 0 Å². The van der Waals surface area contributed by atoms with Crippen molar-refractivity contribution in [2.45, 2.75) is 25.2 Å². The monoisotopic (exact) mass is 343 g/mol. The zero-order valence-corrected chi connectivity index (χ0v) is 12.8. The maximum atomic E-state index is 12.0. The third kappa shape index (κ3) is 3.38. The lowest BCUT2D eigenvalue weighted by atomic mass is 10.2.